The van der Waals surface area contributed by atoms with Crippen LogP contribution in [0.15, 0.2) is 42.5 Å². The summed E-state index contributed by atoms with van der Waals surface area (Å²) in [7, 11) is 0. The van der Waals surface area contributed by atoms with Crippen LogP contribution in [0.25, 0.3) is 11.0 Å². The fourth-order valence-electron chi connectivity index (χ4n) is 3.46. The van der Waals surface area contributed by atoms with E-state index < -0.39 is 6.04 Å². The van der Waals surface area contributed by atoms with Crippen LogP contribution in [0, 0.1) is 0 Å². The number of aromatic amines is 1. The van der Waals surface area contributed by atoms with Crippen LogP contribution >= 0.6 is 23.2 Å². The molecule has 2 aromatic carbocycles. The van der Waals surface area contributed by atoms with Crippen molar-refractivity contribution in [1.29, 1.82) is 0 Å². The molecule has 0 saturated carbocycles. The van der Waals surface area contributed by atoms with Gasteiger partial charge >= 0.3 is 0 Å². The smallest absolute Gasteiger partial charge is 0.254 e. The molecule has 2 N–H and O–H groups in total. The third-order valence-corrected chi connectivity index (χ3v) is 5.59. The van der Waals surface area contributed by atoms with Crippen molar-refractivity contribution in [3.63, 3.8) is 0 Å². The number of carbonyl (C=O) groups is 2. The number of nitrogens with zero attached hydrogens (tertiary/aromatic N) is 2. The average Bonchev–Trinajstić information content (AvgIpc) is 3.34. The van der Waals surface area contributed by atoms with Crippen molar-refractivity contribution >= 4 is 46.0 Å². The predicted molar refractivity (Wildman–Crippen MR) is 108 cm³/mol. The Balaban J connectivity index is 1.44. The van der Waals surface area contributed by atoms with Crippen LogP contribution in [0.3, 0.4) is 0 Å². The van der Waals surface area contributed by atoms with Crippen molar-refractivity contribution in [3.8, 4) is 0 Å². The summed E-state index contributed by atoms with van der Waals surface area (Å²) in [6.45, 7) is 0.806. The first-order valence-electron chi connectivity index (χ1n) is 9.00. The van der Waals surface area contributed by atoms with Gasteiger partial charge in [0, 0.05) is 12.1 Å². The maximum absolute atomic E-state index is 12.8. The second kappa shape index (κ2) is 7.81. The molecule has 1 fully saturated rings. The minimum absolute atomic E-state index is 0.189. The van der Waals surface area contributed by atoms with Crippen LogP contribution in [-0.4, -0.2) is 39.3 Å². The molecule has 2 amide bonds. The van der Waals surface area contributed by atoms with Gasteiger partial charge in [0.05, 0.1) is 27.6 Å². The number of nitrogens with one attached hydrogen (secondary N) is 2. The van der Waals surface area contributed by atoms with Gasteiger partial charge < -0.3 is 15.2 Å². The number of H-pyrrole nitrogens is 1. The molecule has 4 rings (SSSR count). The van der Waals surface area contributed by atoms with E-state index in [-0.39, 0.29) is 18.4 Å². The summed E-state index contributed by atoms with van der Waals surface area (Å²) >= 11 is 11.9. The van der Waals surface area contributed by atoms with Gasteiger partial charge in [-0.05, 0) is 43.2 Å². The Morgan fingerprint density at radius 3 is 2.79 bits per heavy atom. The first-order chi connectivity index (χ1) is 13.5. The molecule has 1 atom stereocenters. The van der Waals surface area contributed by atoms with Gasteiger partial charge in [-0.1, -0.05) is 35.3 Å². The molecule has 0 radical (unpaired) electrons. The minimum atomic E-state index is -0.508. The Morgan fingerprint density at radius 1 is 1.18 bits per heavy atom. The van der Waals surface area contributed by atoms with Crippen LogP contribution in [0.5, 0.6) is 0 Å². The summed E-state index contributed by atoms with van der Waals surface area (Å²) in [6, 6.07) is 11.9. The lowest BCUT2D eigenvalue weighted by atomic mass is 10.1. The molecule has 3 aromatic rings. The van der Waals surface area contributed by atoms with Crippen molar-refractivity contribution in [3.05, 3.63) is 63.9 Å². The second-order valence-corrected chi connectivity index (χ2v) is 7.52. The molecule has 28 heavy (non-hydrogen) atoms. The summed E-state index contributed by atoms with van der Waals surface area (Å²) in [6.07, 6.45) is 1.40. The van der Waals surface area contributed by atoms with Crippen molar-refractivity contribution < 1.29 is 9.59 Å². The summed E-state index contributed by atoms with van der Waals surface area (Å²) in [5.74, 6) is 0.265. The fraction of sp³-hybridized carbons (Fsp3) is 0.250. The largest absolute Gasteiger partial charge is 0.347 e. The molecule has 8 heteroatoms. The first-order valence-corrected chi connectivity index (χ1v) is 9.76. The summed E-state index contributed by atoms with van der Waals surface area (Å²) < 4.78 is 0. The van der Waals surface area contributed by atoms with E-state index in [4.69, 9.17) is 23.2 Å². The number of hydrogen-bond acceptors (Lipinski definition) is 3. The second-order valence-electron chi connectivity index (χ2n) is 6.70. The van der Waals surface area contributed by atoms with Crippen molar-refractivity contribution in [2.45, 2.75) is 25.4 Å². The number of benzene rings is 2. The van der Waals surface area contributed by atoms with Crippen LogP contribution in [0.2, 0.25) is 10.0 Å². The Bertz CT molecular complexity index is 1020. The van der Waals surface area contributed by atoms with Crippen molar-refractivity contribution in [2.75, 3.05) is 6.54 Å². The molecule has 1 unspecified atom stereocenters. The summed E-state index contributed by atoms with van der Waals surface area (Å²) in [4.78, 5) is 34.8. The molecule has 0 bridgehead atoms. The highest BCUT2D eigenvalue weighted by molar-refractivity contribution is 6.42. The molecule has 1 saturated heterocycles. The standard InChI is InChI=1S/C20H18Cl2N4O2/c21-13-8-7-12(10-14(13)22)20(28)26-9-3-6-17(26)19(27)23-11-18-24-15-4-1-2-5-16(15)25-18/h1-2,4-5,7-8,10,17H,3,6,9,11H2,(H,23,27)(H,24,25). The number of halogens is 2. The Morgan fingerprint density at radius 2 is 2.00 bits per heavy atom. The molecular weight excluding hydrogens is 399 g/mol. The number of para-hydroxylation sites is 2. The predicted octanol–water partition coefficient (Wildman–Crippen LogP) is 3.79. The zero-order chi connectivity index (χ0) is 19.7. The summed E-state index contributed by atoms with van der Waals surface area (Å²) in [5, 5.41) is 3.59. The summed E-state index contributed by atoms with van der Waals surface area (Å²) in [5.41, 5.74) is 2.19. The molecule has 1 aromatic heterocycles. The number of rotatable bonds is 4. The molecule has 2 heterocycles. The van der Waals surface area contributed by atoms with Gasteiger partial charge in [-0.15, -0.1) is 0 Å². The van der Waals surface area contributed by atoms with Crippen molar-refractivity contribution in [1.82, 2.24) is 20.2 Å². The maximum Gasteiger partial charge on any atom is 0.254 e. The fourth-order valence-corrected chi connectivity index (χ4v) is 3.75. The third-order valence-electron chi connectivity index (χ3n) is 4.85. The molecule has 1 aliphatic rings. The van der Waals surface area contributed by atoms with Crippen LogP contribution in [-0.2, 0) is 11.3 Å². The molecule has 1 aliphatic heterocycles. The highest BCUT2D eigenvalue weighted by Crippen LogP contribution is 2.26. The van der Waals surface area contributed by atoms with Gasteiger partial charge in [0.2, 0.25) is 5.91 Å². The van der Waals surface area contributed by atoms with E-state index in [0.29, 0.717) is 34.4 Å². The number of likely N-dealkylation sites (tertiary alicyclic amines) is 1. The molecule has 0 aliphatic carbocycles. The number of aromatic nitrogens is 2. The van der Waals surface area contributed by atoms with Gasteiger partial charge in [0.25, 0.3) is 5.91 Å². The normalized spacial score (nSPS) is 16.5. The number of amides is 2. The molecule has 144 valence electrons. The number of imidazole rings is 1. The zero-order valence-corrected chi connectivity index (χ0v) is 16.4. The lowest BCUT2D eigenvalue weighted by molar-refractivity contribution is -0.125. The first kappa shape index (κ1) is 18.8. The maximum atomic E-state index is 12.8. The van der Waals surface area contributed by atoms with Gasteiger partial charge in [-0.3, -0.25) is 9.59 Å². The molecule has 0 spiro atoms. The SMILES string of the molecule is O=C(NCc1nc2ccccc2[nH]1)C1CCCN1C(=O)c1ccc(Cl)c(Cl)c1. The number of carbonyl (C=O) groups excluding carboxylic acids is 2. The molecular formula is C20H18Cl2N4O2. The third kappa shape index (κ3) is 3.70. The zero-order valence-electron chi connectivity index (χ0n) is 14.9. The van der Waals surface area contributed by atoms with Gasteiger partial charge in [-0.25, -0.2) is 4.98 Å². The van der Waals surface area contributed by atoms with E-state index in [2.05, 4.69) is 15.3 Å². The Labute approximate surface area is 171 Å². The van der Waals surface area contributed by atoms with Crippen molar-refractivity contribution in [2.24, 2.45) is 0 Å². The van der Waals surface area contributed by atoms with E-state index in [0.717, 1.165) is 17.5 Å². The van der Waals surface area contributed by atoms with Gasteiger partial charge in [-0.2, -0.15) is 0 Å². The quantitative estimate of drug-likeness (QED) is 0.678. The lowest BCUT2D eigenvalue weighted by Crippen LogP contribution is -2.45. The van der Waals surface area contributed by atoms with Gasteiger partial charge in [0.15, 0.2) is 0 Å². The molecule has 6 nitrogen and oxygen atoms in total. The van der Waals surface area contributed by atoms with E-state index in [1.807, 2.05) is 24.3 Å². The average molecular weight is 417 g/mol. The van der Waals surface area contributed by atoms with Crippen LogP contribution in [0.1, 0.15) is 29.0 Å². The van der Waals surface area contributed by atoms with Crippen LogP contribution in [0.4, 0.5) is 0 Å². The highest BCUT2D eigenvalue weighted by Gasteiger charge is 2.34. The number of hydrogen-bond donors (Lipinski definition) is 2. The Kier molecular flexibility index (Phi) is 5.24. The highest BCUT2D eigenvalue weighted by atomic mass is 35.5. The van der Waals surface area contributed by atoms with Crippen LogP contribution < -0.4 is 5.32 Å². The monoisotopic (exact) mass is 416 g/mol. The van der Waals surface area contributed by atoms with E-state index in [1.54, 1.807) is 17.0 Å². The topological polar surface area (TPSA) is 78.1 Å². The Hall–Kier alpha value is -2.57. The van der Waals surface area contributed by atoms with Gasteiger partial charge in [0.1, 0.15) is 11.9 Å². The van der Waals surface area contributed by atoms with E-state index >= 15 is 0 Å². The number of fused-ring (bicyclic) bond motifs is 1. The van der Waals surface area contributed by atoms with E-state index in [9.17, 15) is 9.59 Å². The van der Waals surface area contributed by atoms with E-state index in [1.165, 1.54) is 6.07 Å². The minimum Gasteiger partial charge on any atom is -0.347 e. The lowest BCUT2D eigenvalue weighted by Gasteiger charge is -2.24.